The third-order valence-corrected chi connectivity index (χ3v) is 6.65. The number of pyridine rings is 1. The molecule has 1 heterocycles. The second kappa shape index (κ2) is 6.65. The molecule has 148 valence electrons. The monoisotopic (exact) mass is 397 g/mol. The highest BCUT2D eigenvalue weighted by Gasteiger charge is 2.39. The zero-order chi connectivity index (χ0) is 21.0. The van der Waals surface area contributed by atoms with Gasteiger partial charge in [-0.1, -0.05) is 111 Å². The maximum absolute atomic E-state index is 5.14. The number of benzene rings is 4. The van der Waals surface area contributed by atoms with Crippen LogP contribution in [0, 0.1) is 0 Å². The molecule has 1 aliphatic rings. The molecule has 0 saturated heterocycles. The van der Waals surface area contributed by atoms with E-state index < -0.39 is 0 Å². The fourth-order valence-corrected chi connectivity index (χ4v) is 5.14. The second-order valence-corrected chi connectivity index (χ2v) is 8.84. The molecule has 0 atom stereocenters. The van der Waals surface area contributed by atoms with E-state index in [1.807, 2.05) is 0 Å². The van der Waals surface area contributed by atoms with Crippen molar-refractivity contribution in [2.24, 2.45) is 0 Å². The number of hydrogen-bond acceptors (Lipinski definition) is 1. The first-order valence-corrected chi connectivity index (χ1v) is 10.8. The molecule has 0 bridgehead atoms. The van der Waals surface area contributed by atoms with Gasteiger partial charge in [0, 0.05) is 16.4 Å². The minimum Gasteiger partial charge on any atom is -0.247 e. The summed E-state index contributed by atoms with van der Waals surface area (Å²) in [6.07, 6.45) is 0. The normalized spacial score (nSPS) is 13.7. The molecule has 0 saturated carbocycles. The summed E-state index contributed by atoms with van der Waals surface area (Å²) < 4.78 is 0. The van der Waals surface area contributed by atoms with Crippen LogP contribution in [0.1, 0.15) is 25.0 Å². The van der Waals surface area contributed by atoms with Crippen LogP contribution in [-0.2, 0) is 5.41 Å². The van der Waals surface area contributed by atoms with Crippen LogP contribution in [0.5, 0.6) is 0 Å². The smallest absolute Gasteiger partial charge is 0.0759 e. The van der Waals surface area contributed by atoms with E-state index in [1.165, 1.54) is 44.3 Å². The van der Waals surface area contributed by atoms with E-state index in [9.17, 15) is 0 Å². The van der Waals surface area contributed by atoms with E-state index in [0.29, 0.717) is 0 Å². The average Bonchev–Trinajstić information content (AvgIpc) is 3.05. The van der Waals surface area contributed by atoms with Crippen LogP contribution in [0.25, 0.3) is 44.4 Å². The van der Waals surface area contributed by atoms with Crippen LogP contribution in [-0.4, -0.2) is 4.98 Å². The van der Waals surface area contributed by atoms with E-state index in [0.717, 1.165) is 11.2 Å². The van der Waals surface area contributed by atoms with Crippen LogP contribution in [0.2, 0.25) is 0 Å². The number of fused-ring (bicyclic) bond motifs is 4. The molecule has 0 unspecified atom stereocenters. The van der Waals surface area contributed by atoms with Crippen molar-refractivity contribution in [1.29, 1.82) is 0 Å². The van der Waals surface area contributed by atoms with Crippen LogP contribution < -0.4 is 0 Å². The Morgan fingerprint density at radius 2 is 1.19 bits per heavy atom. The Morgan fingerprint density at radius 1 is 0.581 bits per heavy atom. The van der Waals surface area contributed by atoms with Gasteiger partial charge in [0.1, 0.15) is 0 Å². The Morgan fingerprint density at radius 3 is 2.00 bits per heavy atom. The summed E-state index contributed by atoms with van der Waals surface area (Å²) >= 11 is 0. The molecule has 4 aromatic carbocycles. The number of para-hydroxylation sites is 1. The summed E-state index contributed by atoms with van der Waals surface area (Å²) in [5.74, 6) is 0. The summed E-state index contributed by atoms with van der Waals surface area (Å²) in [6.45, 7) is 4.66. The van der Waals surface area contributed by atoms with Crippen molar-refractivity contribution in [2.75, 3.05) is 0 Å². The van der Waals surface area contributed by atoms with Gasteiger partial charge in [-0.3, -0.25) is 0 Å². The summed E-state index contributed by atoms with van der Waals surface area (Å²) in [7, 11) is 0. The molecule has 0 fully saturated rings. The average molecular weight is 398 g/mol. The molecule has 1 heteroatoms. The van der Waals surface area contributed by atoms with Gasteiger partial charge in [0.25, 0.3) is 0 Å². The van der Waals surface area contributed by atoms with Gasteiger partial charge in [-0.25, -0.2) is 4.98 Å². The predicted octanol–water partition coefficient (Wildman–Crippen LogP) is 7.88. The van der Waals surface area contributed by atoms with Crippen molar-refractivity contribution < 1.29 is 0 Å². The van der Waals surface area contributed by atoms with E-state index in [1.54, 1.807) is 0 Å². The van der Waals surface area contributed by atoms with Gasteiger partial charge in [0.05, 0.1) is 11.2 Å². The van der Waals surface area contributed by atoms with Crippen molar-refractivity contribution in [1.82, 2.24) is 4.98 Å². The van der Waals surface area contributed by atoms with Crippen molar-refractivity contribution in [3.05, 3.63) is 114 Å². The van der Waals surface area contributed by atoms with Crippen LogP contribution >= 0.6 is 0 Å². The van der Waals surface area contributed by atoms with Gasteiger partial charge in [-0.15, -0.1) is 0 Å². The Balaban J connectivity index is 1.64. The van der Waals surface area contributed by atoms with Crippen molar-refractivity contribution in [3.63, 3.8) is 0 Å². The Bertz CT molecular complexity index is 1430. The number of aromatic nitrogens is 1. The standard InChI is InChI=1S/C30H23N/c1-30(2)25-14-8-6-12-23(25)29-28(30)27(24-13-7-9-15-26(24)31-29)22-18-16-21(17-19-22)20-10-4-3-5-11-20/h3-19H,1-2H3. The minimum atomic E-state index is -0.101. The summed E-state index contributed by atoms with van der Waals surface area (Å²) in [4.78, 5) is 5.14. The highest BCUT2D eigenvalue weighted by molar-refractivity contribution is 6.02. The SMILES string of the molecule is CC1(C)c2ccccc2-c2nc3ccccc3c(-c3ccc(-c4ccccc4)cc3)c21. The molecule has 1 nitrogen and oxygen atoms in total. The quantitative estimate of drug-likeness (QED) is 0.295. The summed E-state index contributed by atoms with van der Waals surface area (Å²) in [6, 6.07) is 36.8. The van der Waals surface area contributed by atoms with Gasteiger partial charge in [0.15, 0.2) is 0 Å². The van der Waals surface area contributed by atoms with Crippen molar-refractivity contribution in [2.45, 2.75) is 19.3 Å². The molecule has 1 aromatic heterocycles. The van der Waals surface area contributed by atoms with Crippen LogP contribution in [0.4, 0.5) is 0 Å². The van der Waals surface area contributed by atoms with Crippen molar-refractivity contribution in [3.8, 4) is 33.5 Å². The molecule has 5 aromatic rings. The zero-order valence-electron chi connectivity index (χ0n) is 17.8. The zero-order valence-corrected chi connectivity index (χ0v) is 17.8. The molecular weight excluding hydrogens is 374 g/mol. The fourth-order valence-electron chi connectivity index (χ4n) is 5.14. The number of hydrogen-bond donors (Lipinski definition) is 0. The number of nitrogens with zero attached hydrogens (tertiary/aromatic N) is 1. The van der Waals surface area contributed by atoms with Crippen LogP contribution in [0.15, 0.2) is 103 Å². The molecule has 0 spiro atoms. The first-order valence-electron chi connectivity index (χ1n) is 10.8. The molecular formula is C30H23N. The third-order valence-electron chi connectivity index (χ3n) is 6.65. The van der Waals surface area contributed by atoms with Gasteiger partial charge < -0.3 is 0 Å². The molecule has 6 rings (SSSR count). The van der Waals surface area contributed by atoms with Crippen molar-refractivity contribution >= 4 is 10.9 Å². The molecule has 0 N–H and O–H groups in total. The first kappa shape index (κ1) is 18.1. The highest BCUT2D eigenvalue weighted by Crippen LogP contribution is 2.53. The van der Waals surface area contributed by atoms with E-state index in [2.05, 4.69) is 117 Å². The Kier molecular flexibility index (Phi) is 3.88. The molecule has 0 radical (unpaired) electrons. The lowest BCUT2D eigenvalue weighted by atomic mass is 9.78. The summed E-state index contributed by atoms with van der Waals surface area (Å²) in [5, 5.41) is 1.22. The first-order chi connectivity index (χ1) is 15.1. The largest absolute Gasteiger partial charge is 0.247 e. The van der Waals surface area contributed by atoms with Gasteiger partial charge in [0.2, 0.25) is 0 Å². The molecule has 0 aliphatic heterocycles. The Hall–Kier alpha value is -3.71. The molecule has 31 heavy (non-hydrogen) atoms. The van der Waals surface area contributed by atoms with Gasteiger partial charge in [-0.05, 0) is 39.4 Å². The van der Waals surface area contributed by atoms with Gasteiger partial charge in [-0.2, -0.15) is 0 Å². The van der Waals surface area contributed by atoms with E-state index >= 15 is 0 Å². The third kappa shape index (κ3) is 2.67. The summed E-state index contributed by atoms with van der Waals surface area (Å²) in [5.41, 5.74) is 11.1. The predicted molar refractivity (Wildman–Crippen MR) is 130 cm³/mol. The molecule has 1 aliphatic carbocycles. The lowest BCUT2D eigenvalue weighted by Gasteiger charge is -2.25. The highest BCUT2D eigenvalue weighted by atomic mass is 14.7. The van der Waals surface area contributed by atoms with E-state index in [4.69, 9.17) is 4.98 Å². The topological polar surface area (TPSA) is 12.9 Å². The number of rotatable bonds is 2. The lowest BCUT2D eigenvalue weighted by molar-refractivity contribution is 0.662. The Labute approximate surface area is 183 Å². The van der Waals surface area contributed by atoms with E-state index in [-0.39, 0.29) is 5.41 Å². The maximum Gasteiger partial charge on any atom is 0.0759 e. The van der Waals surface area contributed by atoms with Crippen LogP contribution in [0.3, 0.4) is 0 Å². The lowest BCUT2D eigenvalue weighted by Crippen LogP contribution is -2.16. The minimum absolute atomic E-state index is 0.101. The fraction of sp³-hybridized carbons (Fsp3) is 0.100. The molecule has 0 amide bonds. The second-order valence-electron chi connectivity index (χ2n) is 8.84. The van der Waals surface area contributed by atoms with Gasteiger partial charge >= 0.3 is 0 Å². The maximum atomic E-state index is 5.14.